The average molecular weight is 262 g/mol. The van der Waals surface area contributed by atoms with E-state index in [1.54, 1.807) is 0 Å². The number of aromatic nitrogens is 2. The molecule has 1 saturated carbocycles. The summed E-state index contributed by atoms with van der Waals surface area (Å²) in [5.41, 5.74) is 7.43. The summed E-state index contributed by atoms with van der Waals surface area (Å²) in [6.07, 6.45) is 5.24. The predicted octanol–water partition coefficient (Wildman–Crippen LogP) is 3.48. The lowest BCUT2D eigenvalue weighted by atomic mass is 9.67. The van der Waals surface area contributed by atoms with Gasteiger partial charge >= 0.3 is 0 Å². The highest BCUT2D eigenvalue weighted by Gasteiger charge is 2.34. The van der Waals surface area contributed by atoms with Crippen LogP contribution in [0.1, 0.15) is 63.8 Å². The Hall–Kier alpha value is -1.32. The summed E-state index contributed by atoms with van der Waals surface area (Å²) in [6, 6.07) is 0. The fourth-order valence-electron chi connectivity index (χ4n) is 2.59. The van der Waals surface area contributed by atoms with Gasteiger partial charge in [-0.2, -0.15) is 0 Å². The number of hydrogen-bond acceptors (Lipinski definition) is 4. The molecule has 4 heteroatoms. The molecule has 0 amide bonds. The molecule has 1 fully saturated rings. The SMILES string of the molecule is CCC1(CNc2nc(C(C)C)nc(N)c2C)CCC1. The molecule has 1 heterocycles. The number of rotatable bonds is 5. The van der Waals surface area contributed by atoms with Gasteiger partial charge in [-0.3, -0.25) is 0 Å². The lowest BCUT2D eigenvalue weighted by Crippen LogP contribution is -2.36. The largest absolute Gasteiger partial charge is 0.383 e. The Labute approximate surface area is 116 Å². The third-order valence-electron chi connectivity index (χ3n) is 4.51. The van der Waals surface area contributed by atoms with Crippen LogP contribution in [0.15, 0.2) is 0 Å². The normalized spacial score (nSPS) is 17.3. The van der Waals surface area contributed by atoms with E-state index in [1.165, 1.54) is 25.7 Å². The smallest absolute Gasteiger partial charge is 0.135 e. The fraction of sp³-hybridized carbons (Fsp3) is 0.733. The maximum Gasteiger partial charge on any atom is 0.135 e. The molecule has 19 heavy (non-hydrogen) atoms. The number of nitrogens with one attached hydrogen (secondary N) is 1. The Morgan fingerprint density at radius 2 is 2.00 bits per heavy atom. The van der Waals surface area contributed by atoms with Crippen molar-refractivity contribution in [3.8, 4) is 0 Å². The van der Waals surface area contributed by atoms with Crippen molar-refractivity contribution in [3.63, 3.8) is 0 Å². The minimum Gasteiger partial charge on any atom is -0.383 e. The first kappa shape index (κ1) is 14.1. The van der Waals surface area contributed by atoms with Gasteiger partial charge in [-0.25, -0.2) is 9.97 Å². The van der Waals surface area contributed by atoms with Crippen molar-refractivity contribution in [2.24, 2.45) is 5.41 Å². The third kappa shape index (κ3) is 2.82. The molecule has 1 aromatic heterocycles. The van der Waals surface area contributed by atoms with Gasteiger partial charge in [0.1, 0.15) is 17.5 Å². The lowest BCUT2D eigenvalue weighted by molar-refractivity contribution is 0.145. The summed E-state index contributed by atoms with van der Waals surface area (Å²) in [7, 11) is 0. The summed E-state index contributed by atoms with van der Waals surface area (Å²) < 4.78 is 0. The minimum atomic E-state index is 0.298. The van der Waals surface area contributed by atoms with E-state index in [2.05, 4.69) is 36.1 Å². The van der Waals surface area contributed by atoms with E-state index in [1.807, 2.05) is 6.92 Å². The molecule has 0 aromatic carbocycles. The first-order valence-corrected chi connectivity index (χ1v) is 7.35. The highest BCUT2D eigenvalue weighted by atomic mass is 15.1. The maximum atomic E-state index is 5.99. The van der Waals surface area contributed by atoms with Gasteiger partial charge in [0, 0.05) is 18.0 Å². The van der Waals surface area contributed by atoms with Crippen molar-refractivity contribution in [1.29, 1.82) is 0 Å². The number of nitrogens with two attached hydrogens (primary N) is 1. The quantitative estimate of drug-likeness (QED) is 0.852. The number of nitrogen functional groups attached to an aromatic ring is 1. The van der Waals surface area contributed by atoms with Crippen LogP contribution in [-0.4, -0.2) is 16.5 Å². The van der Waals surface area contributed by atoms with E-state index in [4.69, 9.17) is 5.73 Å². The Morgan fingerprint density at radius 3 is 2.47 bits per heavy atom. The summed E-state index contributed by atoms with van der Waals surface area (Å²) in [5.74, 6) is 2.63. The van der Waals surface area contributed by atoms with Crippen LogP contribution in [0.25, 0.3) is 0 Å². The zero-order chi connectivity index (χ0) is 14.0. The van der Waals surface area contributed by atoms with Crippen molar-refractivity contribution >= 4 is 11.6 Å². The van der Waals surface area contributed by atoms with Crippen molar-refractivity contribution in [2.75, 3.05) is 17.6 Å². The Kier molecular flexibility index (Phi) is 3.97. The van der Waals surface area contributed by atoms with Crippen LogP contribution < -0.4 is 11.1 Å². The van der Waals surface area contributed by atoms with Crippen LogP contribution in [0, 0.1) is 12.3 Å². The molecular formula is C15H26N4. The molecule has 0 aliphatic heterocycles. The van der Waals surface area contributed by atoms with Gasteiger partial charge in [0.2, 0.25) is 0 Å². The molecular weight excluding hydrogens is 236 g/mol. The van der Waals surface area contributed by atoms with Crippen molar-refractivity contribution in [1.82, 2.24) is 9.97 Å². The van der Waals surface area contributed by atoms with E-state index in [0.717, 1.165) is 23.8 Å². The molecule has 0 atom stereocenters. The molecule has 1 aliphatic carbocycles. The second-order valence-electron chi connectivity index (χ2n) is 6.16. The number of nitrogens with zero attached hydrogens (tertiary/aromatic N) is 2. The predicted molar refractivity (Wildman–Crippen MR) is 80.3 cm³/mol. The van der Waals surface area contributed by atoms with Crippen molar-refractivity contribution in [2.45, 2.75) is 59.3 Å². The summed E-state index contributed by atoms with van der Waals surface area (Å²) in [6.45, 7) is 9.45. The van der Waals surface area contributed by atoms with Crippen LogP contribution >= 0.6 is 0 Å². The monoisotopic (exact) mass is 262 g/mol. The highest BCUT2D eigenvalue weighted by Crippen LogP contribution is 2.43. The van der Waals surface area contributed by atoms with Crippen LogP contribution in [0.2, 0.25) is 0 Å². The van der Waals surface area contributed by atoms with Gasteiger partial charge in [-0.1, -0.05) is 27.2 Å². The molecule has 0 radical (unpaired) electrons. The molecule has 4 nitrogen and oxygen atoms in total. The second-order valence-corrected chi connectivity index (χ2v) is 6.16. The average Bonchev–Trinajstić information content (AvgIpc) is 2.32. The lowest BCUT2D eigenvalue weighted by Gasteiger charge is -2.41. The van der Waals surface area contributed by atoms with Crippen LogP contribution in [0.5, 0.6) is 0 Å². The van der Waals surface area contributed by atoms with E-state index in [9.17, 15) is 0 Å². The number of anilines is 2. The van der Waals surface area contributed by atoms with Crippen molar-refractivity contribution < 1.29 is 0 Å². The second kappa shape index (κ2) is 5.35. The maximum absolute atomic E-state index is 5.99. The zero-order valence-corrected chi connectivity index (χ0v) is 12.6. The first-order chi connectivity index (χ1) is 8.97. The molecule has 0 saturated heterocycles. The summed E-state index contributed by atoms with van der Waals surface area (Å²) >= 11 is 0. The zero-order valence-electron chi connectivity index (χ0n) is 12.6. The molecule has 1 aromatic rings. The number of hydrogen-bond donors (Lipinski definition) is 2. The molecule has 106 valence electrons. The molecule has 1 aliphatic rings. The third-order valence-corrected chi connectivity index (χ3v) is 4.51. The Bertz CT molecular complexity index is 444. The van der Waals surface area contributed by atoms with Crippen LogP contribution in [0.4, 0.5) is 11.6 Å². The van der Waals surface area contributed by atoms with Gasteiger partial charge in [0.25, 0.3) is 0 Å². The van der Waals surface area contributed by atoms with Gasteiger partial charge in [-0.05, 0) is 31.6 Å². The van der Waals surface area contributed by atoms with Gasteiger partial charge in [0.05, 0.1) is 0 Å². The molecule has 0 bridgehead atoms. The van der Waals surface area contributed by atoms with E-state index < -0.39 is 0 Å². The molecule has 0 unspecified atom stereocenters. The molecule has 3 N–H and O–H groups in total. The summed E-state index contributed by atoms with van der Waals surface area (Å²) in [5, 5.41) is 3.51. The standard InChI is InChI=1S/C15H26N4/c1-5-15(7-6-8-15)9-17-14-11(4)12(16)18-13(19-14)10(2)3/h10H,5-9H2,1-4H3,(H3,16,17,18,19). The highest BCUT2D eigenvalue weighted by molar-refractivity contribution is 5.55. The van der Waals surface area contributed by atoms with Gasteiger partial charge < -0.3 is 11.1 Å². The minimum absolute atomic E-state index is 0.298. The fourth-order valence-corrected chi connectivity index (χ4v) is 2.59. The summed E-state index contributed by atoms with van der Waals surface area (Å²) in [4.78, 5) is 8.98. The molecule has 2 rings (SSSR count). The van der Waals surface area contributed by atoms with Gasteiger partial charge in [0.15, 0.2) is 0 Å². The van der Waals surface area contributed by atoms with Crippen molar-refractivity contribution in [3.05, 3.63) is 11.4 Å². The topological polar surface area (TPSA) is 63.8 Å². The van der Waals surface area contributed by atoms with Crippen LogP contribution in [-0.2, 0) is 0 Å². The van der Waals surface area contributed by atoms with E-state index >= 15 is 0 Å². The Morgan fingerprint density at radius 1 is 1.32 bits per heavy atom. The van der Waals surface area contributed by atoms with E-state index in [-0.39, 0.29) is 0 Å². The van der Waals surface area contributed by atoms with E-state index in [0.29, 0.717) is 17.2 Å². The Balaban J connectivity index is 2.15. The first-order valence-electron chi connectivity index (χ1n) is 7.35. The molecule has 0 spiro atoms. The van der Waals surface area contributed by atoms with Gasteiger partial charge in [-0.15, -0.1) is 0 Å². The van der Waals surface area contributed by atoms with Crippen LogP contribution in [0.3, 0.4) is 0 Å².